The van der Waals surface area contributed by atoms with Gasteiger partial charge >= 0.3 is 0 Å². The first-order valence-corrected chi connectivity index (χ1v) is 20.3. The molecule has 3 aromatic heterocycles. The van der Waals surface area contributed by atoms with Crippen LogP contribution in [0, 0.1) is 0 Å². The van der Waals surface area contributed by atoms with Gasteiger partial charge in [0, 0.05) is 63.9 Å². The molecule has 5 nitrogen and oxygen atoms in total. The fourth-order valence-corrected chi connectivity index (χ4v) is 9.99. The topological polar surface area (TPSA) is 54.8 Å². The van der Waals surface area contributed by atoms with Gasteiger partial charge in [-0.2, -0.15) is 0 Å². The van der Waals surface area contributed by atoms with Gasteiger partial charge in [0.2, 0.25) is 0 Å². The Morgan fingerprint density at radius 1 is 0.614 bits per heavy atom. The molecule has 0 amide bonds. The number of fused-ring (bicyclic) bond motifs is 9. The summed E-state index contributed by atoms with van der Waals surface area (Å²) in [5.41, 5.74) is 10.9. The zero-order valence-corrected chi connectivity index (χ0v) is 31.6. The fraction of sp³-hybridized carbons (Fsp3) is 0.0588. The van der Waals surface area contributed by atoms with Gasteiger partial charge in [0.1, 0.15) is 23.0 Å². The fourth-order valence-electron chi connectivity index (χ4n) is 8.92. The highest BCUT2D eigenvalue weighted by Crippen LogP contribution is 2.40. The van der Waals surface area contributed by atoms with Crippen molar-refractivity contribution in [2.24, 2.45) is 9.98 Å². The van der Waals surface area contributed by atoms with Crippen LogP contribution in [0.3, 0.4) is 0 Å². The van der Waals surface area contributed by atoms with Crippen LogP contribution in [-0.4, -0.2) is 16.2 Å². The molecule has 2 aliphatic rings. The minimum absolute atomic E-state index is 0.257. The molecule has 0 saturated heterocycles. The second-order valence-corrected chi connectivity index (χ2v) is 15.9. The number of rotatable bonds is 5. The van der Waals surface area contributed by atoms with Gasteiger partial charge in [-0.1, -0.05) is 121 Å². The van der Waals surface area contributed by atoms with E-state index in [9.17, 15) is 0 Å². The van der Waals surface area contributed by atoms with Crippen molar-refractivity contribution in [2.75, 3.05) is 0 Å². The van der Waals surface area contributed by atoms with E-state index in [1.165, 1.54) is 42.0 Å². The highest BCUT2D eigenvalue weighted by molar-refractivity contribution is 7.25. The largest absolute Gasteiger partial charge is 0.456 e. The quantitative estimate of drug-likeness (QED) is 0.190. The maximum Gasteiger partial charge on any atom is 0.156 e. The van der Waals surface area contributed by atoms with Gasteiger partial charge in [0.25, 0.3) is 0 Å². The van der Waals surface area contributed by atoms with Gasteiger partial charge in [0.05, 0.1) is 11.0 Å². The number of aliphatic imine (C=N–C) groups is 2. The normalized spacial score (nSPS) is 15.5. The number of hydrogen-bond acceptors (Lipinski definition) is 5. The summed E-state index contributed by atoms with van der Waals surface area (Å²) < 4.78 is 11.8. The van der Waals surface area contributed by atoms with Gasteiger partial charge in [-0.3, -0.25) is 0 Å². The molecule has 0 bridgehead atoms. The van der Waals surface area contributed by atoms with Crippen LogP contribution < -0.4 is 16.0 Å². The molecular formula is C51H34N4OS. The van der Waals surface area contributed by atoms with Gasteiger partial charge < -0.3 is 14.3 Å². The van der Waals surface area contributed by atoms with Crippen molar-refractivity contribution in [1.82, 2.24) is 9.88 Å². The minimum Gasteiger partial charge on any atom is -0.456 e. The maximum atomic E-state index is 6.85. The number of nitrogens with zero attached hydrogens (tertiary/aromatic N) is 3. The van der Waals surface area contributed by atoms with Crippen LogP contribution in [0.15, 0.2) is 178 Å². The van der Waals surface area contributed by atoms with E-state index in [1.54, 1.807) is 0 Å². The van der Waals surface area contributed by atoms with Gasteiger partial charge in [-0.15, -0.1) is 11.3 Å². The molecule has 57 heavy (non-hydrogen) atoms. The Labute approximate surface area is 331 Å². The molecule has 6 heteroatoms. The SMILES string of the molecule is C1=c2oc3c(-c4ccc5sc6ccc(-n7c8ccccc8c8ccccc87)cc6c5c4)cccc3c2=C(C2=NC(c3ccccc3)NC(c3ccccc3)=N2)CC1. The molecule has 10 aromatic rings. The van der Waals surface area contributed by atoms with Crippen LogP contribution >= 0.6 is 11.3 Å². The summed E-state index contributed by atoms with van der Waals surface area (Å²) in [6.45, 7) is 0. The second kappa shape index (κ2) is 12.8. The van der Waals surface area contributed by atoms with Gasteiger partial charge in [-0.25, -0.2) is 9.98 Å². The van der Waals surface area contributed by atoms with Crippen molar-refractivity contribution in [2.45, 2.75) is 19.0 Å². The van der Waals surface area contributed by atoms with Crippen LogP contribution in [0.2, 0.25) is 0 Å². The molecule has 4 heterocycles. The molecular weight excluding hydrogens is 717 g/mol. The predicted molar refractivity (Wildman–Crippen MR) is 238 cm³/mol. The number of hydrogen-bond donors (Lipinski definition) is 1. The molecule has 0 radical (unpaired) electrons. The smallest absolute Gasteiger partial charge is 0.156 e. The summed E-state index contributed by atoms with van der Waals surface area (Å²) in [5.74, 6) is 1.58. The van der Waals surface area contributed by atoms with Crippen molar-refractivity contribution in [3.8, 4) is 16.8 Å². The van der Waals surface area contributed by atoms with Crippen molar-refractivity contribution >= 4 is 87.6 Å². The lowest BCUT2D eigenvalue weighted by atomic mass is 9.97. The molecule has 7 aromatic carbocycles. The van der Waals surface area contributed by atoms with E-state index in [-0.39, 0.29) is 6.17 Å². The Morgan fingerprint density at radius 3 is 2.09 bits per heavy atom. The van der Waals surface area contributed by atoms with E-state index in [2.05, 4.69) is 168 Å². The lowest BCUT2D eigenvalue weighted by Gasteiger charge is -2.24. The molecule has 0 fully saturated rings. The number of amidine groups is 2. The van der Waals surface area contributed by atoms with E-state index < -0.39 is 0 Å². The Balaban J connectivity index is 1.02. The highest BCUT2D eigenvalue weighted by atomic mass is 32.1. The van der Waals surface area contributed by atoms with E-state index in [1.807, 2.05) is 23.5 Å². The second-order valence-electron chi connectivity index (χ2n) is 14.8. The van der Waals surface area contributed by atoms with Crippen LogP contribution in [-0.2, 0) is 0 Å². The highest BCUT2D eigenvalue weighted by Gasteiger charge is 2.25. The third-order valence-corrected chi connectivity index (χ3v) is 12.7. The van der Waals surface area contributed by atoms with Crippen LogP contribution in [0.5, 0.6) is 0 Å². The summed E-state index contributed by atoms with van der Waals surface area (Å²) in [4.78, 5) is 10.5. The lowest BCUT2D eigenvalue weighted by molar-refractivity contribution is 0.572. The zero-order valence-electron chi connectivity index (χ0n) is 30.8. The number of nitrogens with one attached hydrogen (secondary N) is 1. The molecule has 270 valence electrons. The molecule has 0 saturated carbocycles. The van der Waals surface area contributed by atoms with Crippen LogP contribution in [0.1, 0.15) is 30.1 Å². The summed E-state index contributed by atoms with van der Waals surface area (Å²) >= 11 is 1.85. The van der Waals surface area contributed by atoms with E-state index in [4.69, 9.17) is 14.4 Å². The van der Waals surface area contributed by atoms with Crippen LogP contribution in [0.25, 0.3) is 81.4 Å². The van der Waals surface area contributed by atoms with Gasteiger partial charge in [0.15, 0.2) is 5.84 Å². The number of para-hydroxylation sites is 3. The van der Waals surface area contributed by atoms with Crippen molar-refractivity contribution in [3.63, 3.8) is 0 Å². The van der Waals surface area contributed by atoms with E-state index in [0.717, 1.165) is 79.6 Å². The first kappa shape index (κ1) is 32.2. The summed E-state index contributed by atoms with van der Waals surface area (Å²) in [6.07, 6.45) is 3.66. The lowest BCUT2D eigenvalue weighted by Crippen LogP contribution is -2.36. The Kier molecular flexibility index (Phi) is 7.22. The summed E-state index contributed by atoms with van der Waals surface area (Å²) in [7, 11) is 0. The van der Waals surface area contributed by atoms with Crippen molar-refractivity contribution in [3.05, 3.63) is 186 Å². The van der Waals surface area contributed by atoms with E-state index in [0.29, 0.717) is 0 Å². The molecule has 1 atom stereocenters. The number of benzene rings is 7. The number of furan rings is 1. The number of aromatic nitrogens is 1. The molecule has 1 aliphatic heterocycles. The van der Waals surface area contributed by atoms with Crippen LogP contribution in [0.4, 0.5) is 0 Å². The Bertz CT molecular complexity index is 3390. The Hall–Kier alpha value is -7.02. The number of thiophene rings is 1. The van der Waals surface area contributed by atoms with E-state index >= 15 is 0 Å². The molecule has 1 N–H and O–H groups in total. The zero-order chi connectivity index (χ0) is 37.5. The average Bonchev–Trinajstić information content (AvgIpc) is 3.96. The molecule has 12 rings (SSSR count). The van der Waals surface area contributed by atoms with Crippen molar-refractivity contribution < 1.29 is 4.42 Å². The molecule has 1 aliphatic carbocycles. The standard InChI is InChI=1S/C51H34N4OS/c1-3-13-31(14-4-1)49-52-50(32-15-5-2-6-16-32)54-51(53-49)39-21-12-24-44-47(39)38-20-11-19-35(48(38)56-44)33-25-27-45-40(29-33)41-30-34(26-28-46(41)57-45)55-42-22-9-7-17-36(42)37-18-8-10-23-43(37)55/h1-11,13-20,22-30,49H,12,21H2,(H,52,53,54). The average molecular weight is 751 g/mol. The van der Waals surface area contributed by atoms with Crippen molar-refractivity contribution in [1.29, 1.82) is 0 Å². The third kappa shape index (κ3) is 5.14. The third-order valence-electron chi connectivity index (χ3n) is 11.5. The predicted octanol–water partition coefficient (Wildman–Crippen LogP) is 11.4. The monoisotopic (exact) mass is 750 g/mol. The molecule has 0 spiro atoms. The first-order chi connectivity index (χ1) is 28.2. The Morgan fingerprint density at radius 2 is 1.30 bits per heavy atom. The minimum atomic E-state index is -0.257. The summed E-state index contributed by atoms with van der Waals surface area (Å²) in [5, 5.41) is 10.8. The molecule has 1 unspecified atom stereocenters. The summed E-state index contributed by atoms with van der Waals surface area (Å²) in [6, 6.07) is 58.5. The first-order valence-electron chi connectivity index (χ1n) is 19.5. The maximum absolute atomic E-state index is 6.85. The van der Waals surface area contributed by atoms with Gasteiger partial charge in [-0.05, 0) is 72.5 Å².